The minimum Gasteiger partial charge on any atom is -0.360 e. The van der Waals surface area contributed by atoms with Crippen molar-refractivity contribution >= 4 is 15.8 Å². The molecule has 0 fully saturated rings. The molecule has 120 valence electrons. The SMILES string of the molecule is CC(C)C(N)CCN(C)c1ccc(S(=O)(=O)N(C)C)cn1. The molecule has 1 heterocycles. The average Bonchev–Trinajstić information content (AvgIpc) is 2.44. The lowest BCUT2D eigenvalue weighted by Gasteiger charge is -2.22. The van der Waals surface area contributed by atoms with E-state index in [4.69, 9.17) is 5.73 Å². The van der Waals surface area contributed by atoms with Gasteiger partial charge in [0.15, 0.2) is 0 Å². The lowest BCUT2D eigenvalue weighted by molar-refractivity contribution is 0.465. The minimum absolute atomic E-state index is 0.154. The molecule has 7 heteroatoms. The molecule has 6 nitrogen and oxygen atoms in total. The summed E-state index contributed by atoms with van der Waals surface area (Å²) >= 11 is 0. The summed E-state index contributed by atoms with van der Waals surface area (Å²) in [6.07, 6.45) is 2.26. The summed E-state index contributed by atoms with van der Waals surface area (Å²) in [5.74, 6) is 1.18. The molecule has 0 aliphatic carbocycles. The zero-order chi connectivity index (χ0) is 16.2. The van der Waals surface area contributed by atoms with Gasteiger partial charge in [-0.3, -0.25) is 0 Å². The normalized spacial score (nSPS) is 13.7. The summed E-state index contributed by atoms with van der Waals surface area (Å²) in [6.45, 7) is 4.99. The molecule has 1 rings (SSSR count). The average molecular weight is 314 g/mol. The Morgan fingerprint density at radius 3 is 2.29 bits per heavy atom. The van der Waals surface area contributed by atoms with E-state index in [1.54, 1.807) is 12.1 Å². The highest BCUT2D eigenvalue weighted by molar-refractivity contribution is 7.89. The van der Waals surface area contributed by atoms with Gasteiger partial charge in [0.2, 0.25) is 10.0 Å². The molecule has 0 aliphatic rings. The van der Waals surface area contributed by atoms with Crippen LogP contribution in [-0.4, -0.2) is 51.4 Å². The van der Waals surface area contributed by atoms with Crippen LogP contribution in [0.2, 0.25) is 0 Å². The molecule has 0 radical (unpaired) electrons. The van der Waals surface area contributed by atoms with Crippen molar-refractivity contribution < 1.29 is 8.42 Å². The maximum atomic E-state index is 12.0. The zero-order valence-corrected chi connectivity index (χ0v) is 14.3. The molecule has 21 heavy (non-hydrogen) atoms. The number of nitrogens with two attached hydrogens (primary N) is 1. The van der Waals surface area contributed by atoms with Gasteiger partial charge in [-0.15, -0.1) is 0 Å². The summed E-state index contributed by atoms with van der Waals surface area (Å²) < 4.78 is 25.1. The highest BCUT2D eigenvalue weighted by Crippen LogP contribution is 2.16. The number of rotatable bonds is 7. The first-order valence-electron chi connectivity index (χ1n) is 7.01. The summed E-state index contributed by atoms with van der Waals surface area (Å²) in [7, 11) is 1.51. The predicted molar refractivity (Wildman–Crippen MR) is 85.8 cm³/mol. The van der Waals surface area contributed by atoms with Crippen molar-refractivity contribution in [3.8, 4) is 0 Å². The van der Waals surface area contributed by atoms with Gasteiger partial charge in [0, 0.05) is 39.9 Å². The van der Waals surface area contributed by atoms with Crippen molar-refractivity contribution in [2.45, 2.75) is 31.2 Å². The van der Waals surface area contributed by atoms with E-state index >= 15 is 0 Å². The van der Waals surface area contributed by atoms with E-state index in [0.717, 1.165) is 18.8 Å². The summed E-state index contributed by atoms with van der Waals surface area (Å²) in [6, 6.07) is 3.45. The monoisotopic (exact) mass is 314 g/mol. The van der Waals surface area contributed by atoms with Crippen LogP contribution in [0, 0.1) is 5.92 Å². The first kappa shape index (κ1) is 17.9. The van der Waals surface area contributed by atoms with Crippen LogP contribution in [0.1, 0.15) is 20.3 Å². The topological polar surface area (TPSA) is 79.5 Å². The van der Waals surface area contributed by atoms with Crippen molar-refractivity contribution in [3.63, 3.8) is 0 Å². The second kappa shape index (κ2) is 7.20. The van der Waals surface area contributed by atoms with Gasteiger partial charge in [-0.2, -0.15) is 0 Å². The zero-order valence-electron chi connectivity index (χ0n) is 13.4. The number of pyridine rings is 1. The molecule has 0 saturated carbocycles. The molecule has 1 unspecified atom stereocenters. The quantitative estimate of drug-likeness (QED) is 0.816. The van der Waals surface area contributed by atoms with Gasteiger partial charge in [0.1, 0.15) is 10.7 Å². The fourth-order valence-electron chi connectivity index (χ4n) is 1.75. The van der Waals surface area contributed by atoms with E-state index in [2.05, 4.69) is 18.8 Å². The Morgan fingerprint density at radius 1 is 1.24 bits per heavy atom. The van der Waals surface area contributed by atoms with Crippen molar-refractivity contribution in [3.05, 3.63) is 18.3 Å². The Bertz CT molecular complexity index is 541. The van der Waals surface area contributed by atoms with Gasteiger partial charge in [0.05, 0.1) is 0 Å². The van der Waals surface area contributed by atoms with Crippen LogP contribution in [0.5, 0.6) is 0 Å². The molecule has 0 spiro atoms. The second-order valence-corrected chi connectivity index (χ2v) is 7.91. The molecule has 1 aromatic rings. The van der Waals surface area contributed by atoms with Crippen molar-refractivity contribution in [2.75, 3.05) is 32.6 Å². The fourth-order valence-corrected chi connectivity index (χ4v) is 2.60. The molecule has 0 aliphatic heterocycles. The third kappa shape index (κ3) is 4.66. The number of sulfonamides is 1. The maximum Gasteiger partial charge on any atom is 0.244 e. The van der Waals surface area contributed by atoms with Crippen LogP contribution in [-0.2, 0) is 10.0 Å². The molecule has 2 N–H and O–H groups in total. The number of hydrogen-bond donors (Lipinski definition) is 1. The molecule has 1 aromatic heterocycles. The Morgan fingerprint density at radius 2 is 1.86 bits per heavy atom. The minimum atomic E-state index is -3.42. The van der Waals surface area contributed by atoms with E-state index < -0.39 is 10.0 Å². The molecule has 0 amide bonds. The van der Waals surface area contributed by atoms with Crippen LogP contribution in [0.25, 0.3) is 0 Å². The van der Waals surface area contributed by atoms with Gasteiger partial charge < -0.3 is 10.6 Å². The maximum absolute atomic E-state index is 12.0. The third-order valence-electron chi connectivity index (χ3n) is 3.54. The van der Waals surface area contributed by atoms with Crippen molar-refractivity contribution in [1.82, 2.24) is 9.29 Å². The lowest BCUT2D eigenvalue weighted by Crippen LogP contribution is -2.32. The van der Waals surface area contributed by atoms with Crippen LogP contribution >= 0.6 is 0 Å². The lowest BCUT2D eigenvalue weighted by atomic mass is 10.0. The Kier molecular flexibility index (Phi) is 6.12. The van der Waals surface area contributed by atoms with Crippen LogP contribution in [0.4, 0.5) is 5.82 Å². The Labute approximate surface area is 128 Å². The molecular weight excluding hydrogens is 288 g/mol. The fraction of sp³-hybridized carbons (Fsp3) is 0.643. The molecule has 1 atom stereocenters. The summed E-state index contributed by atoms with van der Waals surface area (Å²) in [5, 5.41) is 0. The molecule has 0 bridgehead atoms. The van der Waals surface area contributed by atoms with Gasteiger partial charge >= 0.3 is 0 Å². The Balaban J connectivity index is 2.74. The standard InChI is InChI=1S/C14H26N4O2S/c1-11(2)13(15)8-9-18(5)14-7-6-12(10-16-14)21(19,20)17(3)4/h6-7,10-11,13H,8-9,15H2,1-5H3. The highest BCUT2D eigenvalue weighted by atomic mass is 32.2. The number of anilines is 1. The Hall–Kier alpha value is -1.18. The number of hydrogen-bond acceptors (Lipinski definition) is 5. The predicted octanol–water partition coefficient (Wildman–Crippen LogP) is 1.14. The second-order valence-electron chi connectivity index (χ2n) is 5.76. The van der Waals surface area contributed by atoms with Crippen LogP contribution in [0.3, 0.4) is 0 Å². The van der Waals surface area contributed by atoms with E-state index in [-0.39, 0.29) is 10.9 Å². The van der Waals surface area contributed by atoms with Gasteiger partial charge in [0.25, 0.3) is 0 Å². The van der Waals surface area contributed by atoms with Crippen LogP contribution < -0.4 is 10.6 Å². The van der Waals surface area contributed by atoms with Gasteiger partial charge in [-0.1, -0.05) is 13.8 Å². The summed E-state index contributed by atoms with van der Waals surface area (Å²) in [4.78, 5) is 6.41. The van der Waals surface area contributed by atoms with E-state index in [9.17, 15) is 8.42 Å². The van der Waals surface area contributed by atoms with Crippen LogP contribution in [0.15, 0.2) is 23.2 Å². The number of nitrogens with zero attached hydrogens (tertiary/aromatic N) is 3. The van der Waals surface area contributed by atoms with Crippen molar-refractivity contribution in [2.24, 2.45) is 11.7 Å². The van der Waals surface area contributed by atoms with E-state index in [0.29, 0.717) is 5.92 Å². The number of aromatic nitrogens is 1. The van der Waals surface area contributed by atoms with E-state index in [1.165, 1.54) is 24.6 Å². The van der Waals surface area contributed by atoms with Gasteiger partial charge in [-0.05, 0) is 24.5 Å². The van der Waals surface area contributed by atoms with Gasteiger partial charge in [-0.25, -0.2) is 17.7 Å². The molecule has 0 saturated heterocycles. The molecule has 0 aromatic carbocycles. The van der Waals surface area contributed by atoms with Crippen molar-refractivity contribution in [1.29, 1.82) is 0 Å². The first-order valence-corrected chi connectivity index (χ1v) is 8.45. The largest absolute Gasteiger partial charge is 0.360 e. The highest BCUT2D eigenvalue weighted by Gasteiger charge is 2.18. The third-order valence-corrected chi connectivity index (χ3v) is 5.34. The van der Waals surface area contributed by atoms with E-state index in [1.807, 2.05) is 11.9 Å². The molecular formula is C14H26N4O2S. The summed E-state index contributed by atoms with van der Waals surface area (Å²) in [5.41, 5.74) is 6.03. The first-order chi connectivity index (χ1) is 9.66. The smallest absolute Gasteiger partial charge is 0.244 e.